The van der Waals surface area contributed by atoms with E-state index in [1.54, 1.807) is 18.3 Å². The third kappa shape index (κ3) is 2.86. The summed E-state index contributed by atoms with van der Waals surface area (Å²) in [6.07, 6.45) is 1.55. The van der Waals surface area contributed by atoms with Crippen molar-refractivity contribution < 1.29 is 6.17 Å². The molecule has 1 aromatic heterocycles. The summed E-state index contributed by atoms with van der Waals surface area (Å²) in [5.74, 6) is 0.178. The fourth-order valence-corrected chi connectivity index (χ4v) is 0.688. The van der Waals surface area contributed by atoms with Gasteiger partial charge < -0.3 is 5.32 Å². The minimum absolute atomic E-state index is 0.135. The molecule has 0 saturated carbocycles. The van der Waals surface area contributed by atoms with Crippen LogP contribution < -0.4 is 5.32 Å². The molecule has 0 aliphatic heterocycles. The molecule has 3 heteroatoms. The van der Waals surface area contributed by atoms with E-state index in [0.29, 0.717) is 5.82 Å². The summed E-state index contributed by atoms with van der Waals surface area (Å²) >= 11 is 0. The molecule has 3 nitrogen and oxygen atoms in total. The van der Waals surface area contributed by atoms with E-state index >= 15 is 0 Å². The highest BCUT2D eigenvalue weighted by atomic mass is 16.2. The standard InChI is InChI=1S/C10H14N2O/c1-10(2,3)9(13)12-8-6-4-5-7-11-8/h4-7H,1-3H3,(H,11,12,13)/i6D. The van der Waals surface area contributed by atoms with Gasteiger partial charge in [0.2, 0.25) is 5.91 Å². The van der Waals surface area contributed by atoms with Crippen LogP contribution in [-0.2, 0) is 4.79 Å². The fraction of sp³-hybridized carbons (Fsp3) is 0.400. The molecule has 0 atom stereocenters. The Morgan fingerprint density at radius 3 is 2.77 bits per heavy atom. The highest BCUT2D eigenvalue weighted by molar-refractivity contribution is 5.93. The molecule has 13 heavy (non-hydrogen) atoms. The molecule has 0 aliphatic carbocycles. The molecule has 0 aliphatic rings. The summed E-state index contributed by atoms with van der Waals surface area (Å²) in [4.78, 5) is 15.5. The van der Waals surface area contributed by atoms with Gasteiger partial charge in [0, 0.05) is 11.6 Å². The second-order valence-corrected chi connectivity index (χ2v) is 3.83. The van der Waals surface area contributed by atoms with E-state index in [1.165, 1.54) is 0 Å². The molecular weight excluding hydrogens is 164 g/mol. The van der Waals surface area contributed by atoms with Crippen molar-refractivity contribution in [2.24, 2.45) is 5.41 Å². The van der Waals surface area contributed by atoms with Crippen LogP contribution in [0.3, 0.4) is 0 Å². The second kappa shape index (κ2) is 3.56. The van der Waals surface area contributed by atoms with Crippen molar-refractivity contribution in [1.82, 2.24) is 4.98 Å². The Morgan fingerprint density at radius 1 is 1.54 bits per heavy atom. The quantitative estimate of drug-likeness (QED) is 0.717. The number of carbonyl (C=O) groups excluding carboxylic acids is 1. The Labute approximate surface area is 79.6 Å². The molecule has 0 fully saturated rings. The van der Waals surface area contributed by atoms with Gasteiger partial charge in [0.05, 0.1) is 1.37 Å². The van der Waals surface area contributed by atoms with Gasteiger partial charge in [-0.2, -0.15) is 0 Å². The first-order chi connectivity index (χ1) is 6.41. The molecule has 1 N–H and O–H groups in total. The molecule has 0 unspecified atom stereocenters. The molecule has 0 saturated heterocycles. The van der Waals surface area contributed by atoms with Crippen LogP contribution in [0.2, 0.25) is 0 Å². The summed E-state index contributed by atoms with van der Waals surface area (Å²) in [7, 11) is 0. The van der Waals surface area contributed by atoms with E-state index in [0.717, 1.165) is 0 Å². The monoisotopic (exact) mass is 179 g/mol. The zero-order valence-electron chi connectivity index (χ0n) is 9.09. The number of nitrogens with one attached hydrogen (secondary N) is 1. The first-order valence-corrected chi connectivity index (χ1v) is 4.14. The molecular formula is C10H14N2O. The normalized spacial score (nSPS) is 12.1. The van der Waals surface area contributed by atoms with Gasteiger partial charge in [-0.15, -0.1) is 0 Å². The van der Waals surface area contributed by atoms with Gasteiger partial charge in [-0.1, -0.05) is 26.8 Å². The van der Waals surface area contributed by atoms with Gasteiger partial charge >= 0.3 is 0 Å². The number of hydrogen-bond acceptors (Lipinski definition) is 2. The maximum absolute atomic E-state index is 11.6. The van der Waals surface area contributed by atoms with Crippen LogP contribution in [-0.4, -0.2) is 10.9 Å². The highest BCUT2D eigenvalue weighted by Crippen LogP contribution is 2.15. The number of hydrogen-bond donors (Lipinski definition) is 1. The van der Waals surface area contributed by atoms with Gasteiger partial charge in [0.1, 0.15) is 5.82 Å². The summed E-state index contributed by atoms with van der Waals surface area (Å²) in [6, 6.07) is 3.48. The third-order valence-electron chi connectivity index (χ3n) is 1.52. The Bertz CT molecular complexity index is 344. The summed E-state index contributed by atoms with van der Waals surface area (Å²) in [6.45, 7) is 5.44. The number of nitrogens with zero attached hydrogens (tertiary/aromatic N) is 1. The number of amides is 1. The molecule has 0 radical (unpaired) electrons. The maximum atomic E-state index is 11.6. The predicted octanol–water partition coefficient (Wildman–Crippen LogP) is 2.07. The minimum atomic E-state index is -0.468. The van der Waals surface area contributed by atoms with Crippen molar-refractivity contribution in [1.29, 1.82) is 0 Å². The topological polar surface area (TPSA) is 42.0 Å². The molecule has 0 aromatic carbocycles. The average molecular weight is 179 g/mol. The first-order valence-electron chi connectivity index (χ1n) is 4.64. The van der Waals surface area contributed by atoms with Gasteiger partial charge in [0.25, 0.3) is 0 Å². The lowest BCUT2D eigenvalue weighted by Gasteiger charge is -2.16. The van der Waals surface area contributed by atoms with Crippen LogP contribution in [0.25, 0.3) is 0 Å². The van der Waals surface area contributed by atoms with E-state index in [-0.39, 0.29) is 11.9 Å². The summed E-state index contributed by atoms with van der Waals surface area (Å²) in [5.41, 5.74) is -0.468. The number of carbonyl (C=O) groups is 1. The lowest BCUT2D eigenvalue weighted by atomic mass is 9.96. The fourth-order valence-electron chi connectivity index (χ4n) is 0.688. The van der Waals surface area contributed by atoms with Gasteiger partial charge in [-0.3, -0.25) is 4.79 Å². The van der Waals surface area contributed by atoms with Crippen molar-refractivity contribution in [2.45, 2.75) is 20.8 Å². The van der Waals surface area contributed by atoms with Crippen molar-refractivity contribution in [3.8, 4) is 0 Å². The van der Waals surface area contributed by atoms with Crippen LogP contribution in [0.1, 0.15) is 22.1 Å². The van der Waals surface area contributed by atoms with E-state index in [2.05, 4.69) is 10.3 Å². The first kappa shape index (κ1) is 8.23. The van der Waals surface area contributed by atoms with Crippen LogP contribution >= 0.6 is 0 Å². The van der Waals surface area contributed by atoms with Crippen molar-refractivity contribution in [2.75, 3.05) is 5.32 Å². The lowest BCUT2D eigenvalue weighted by Crippen LogP contribution is -2.27. The van der Waals surface area contributed by atoms with Crippen LogP contribution in [0, 0.1) is 5.41 Å². The highest BCUT2D eigenvalue weighted by Gasteiger charge is 2.21. The second-order valence-electron chi connectivity index (χ2n) is 3.83. The Morgan fingerprint density at radius 2 is 2.23 bits per heavy atom. The molecule has 1 rings (SSSR count). The Balaban J connectivity index is 2.80. The largest absolute Gasteiger partial charge is 0.310 e. The molecule has 70 valence electrons. The number of pyridine rings is 1. The van der Waals surface area contributed by atoms with Gasteiger partial charge in [0.15, 0.2) is 0 Å². The van der Waals surface area contributed by atoms with Gasteiger partial charge in [-0.05, 0) is 12.1 Å². The minimum Gasteiger partial charge on any atom is -0.310 e. The Hall–Kier alpha value is -1.38. The number of aromatic nitrogens is 1. The van der Waals surface area contributed by atoms with E-state index in [9.17, 15) is 4.79 Å². The van der Waals surface area contributed by atoms with Gasteiger partial charge in [-0.25, -0.2) is 4.98 Å². The maximum Gasteiger partial charge on any atom is 0.230 e. The lowest BCUT2D eigenvalue weighted by molar-refractivity contribution is -0.123. The predicted molar refractivity (Wildman–Crippen MR) is 52.3 cm³/mol. The molecule has 1 heterocycles. The zero-order chi connectivity index (χ0) is 10.8. The van der Waals surface area contributed by atoms with Crippen molar-refractivity contribution in [3.05, 3.63) is 24.4 Å². The molecule has 1 aromatic rings. The molecule has 0 bridgehead atoms. The van der Waals surface area contributed by atoms with E-state index in [1.807, 2.05) is 20.8 Å². The Kier molecular flexibility index (Phi) is 2.25. The third-order valence-corrected chi connectivity index (χ3v) is 1.52. The molecule has 0 spiro atoms. The zero-order valence-corrected chi connectivity index (χ0v) is 8.09. The van der Waals surface area contributed by atoms with E-state index < -0.39 is 5.41 Å². The van der Waals surface area contributed by atoms with Crippen LogP contribution in [0.15, 0.2) is 24.4 Å². The SMILES string of the molecule is [2H]c1cccnc1NC(=O)C(C)(C)C. The van der Waals surface area contributed by atoms with Crippen LogP contribution in [0.4, 0.5) is 5.82 Å². The van der Waals surface area contributed by atoms with Crippen molar-refractivity contribution >= 4 is 11.7 Å². The average Bonchev–Trinajstić information content (AvgIpc) is 2.07. The molecule has 1 amide bonds. The smallest absolute Gasteiger partial charge is 0.230 e. The summed E-state index contributed by atoms with van der Waals surface area (Å²) < 4.78 is 7.49. The summed E-state index contributed by atoms with van der Waals surface area (Å²) in [5, 5.41) is 2.61. The number of anilines is 1. The van der Waals surface area contributed by atoms with Crippen molar-refractivity contribution in [3.63, 3.8) is 0 Å². The van der Waals surface area contributed by atoms with Crippen LogP contribution in [0.5, 0.6) is 0 Å². The van der Waals surface area contributed by atoms with E-state index in [4.69, 9.17) is 1.37 Å². The number of rotatable bonds is 1.